The van der Waals surface area contributed by atoms with Crippen LogP contribution >= 0.6 is 0 Å². The number of hydrogen-bond acceptors (Lipinski definition) is 2. The number of aryl methyl sites for hydroxylation is 1. The fourth-order valence-corrected chi connectivity index (χ4v) is 1.22. The molecule has 0 N–H and O–H groups in total. The monoisotopic (exact) mass is 174 g/mol. The first-order valence-electron chi connectivity index (χ1n) is 4.58. The highest BCUT2D eigenvalue weighted by atomic mass is 14.7. The molecule has 68 valence electrons. The van der Waals surface area contributed by atoms with Crippen LogP contribution in [0.25, 0.3) is 0 Å². The molecule has 1 heterocycles. The second-order valence-electron chi connectivity index (χ2n) is 3.39. The smallest absolute Gasteiger partial charge is 0.101 e. The van der Waals surface area contributed by atoms with Gasteiger partial charge in [-0.1, -0.05) is 20.8 Å². The fourth-order valence-electron chi connectivity index (χ4n) is 1.22. The molecule has 0 fully saturated rings. The minimum atomic E-state index is 0.429. The van der Waals surface area contributed by atoms with Gasteiger partial charge in [0.2, 0.25) is 0 Å². The average molecular weight is 174 g/mol. The van der Waals surface area contributed by atoms with E-state index in [-0.39, 0.29) is 0 Å². The molecule has 0 spiro atoms. The van der Waals surface area contributed by atoms with Gasteiger partial charge in [-0.3, -0.25) is 4.98 Å². The van der Waals surface area contributed by atoms with Gasteiger partial charge in [0.05, 0.1) is 5.56 Å². The minimum absolute atomic E-state index is 0.429. The third-order valence-corrected chi connectivity index (χ3v) is 2.10. The Hall–Kier alpha value is -1.36. The molecule has 13 heavy (non-hydrogen) atoms. The van der Waals surface area contributed by atoms with Gasteiger partial charge in [-0.2, -0.15) is 5.26 Å². The van der Waals surface area contributed by atoms with Crippen molar-refractivity contribution in [1.29, 1.82) is 5.26 Å². The summed E-state index contributed by atoms with van der Waals surface area (Å²) in [6.07, 6.45) is 2.57. The normalized spacial score (nSPS) is 10.1. The summed E-state index contributed by atoms with van der Waals surface area (Å²) in [6.45, 7) is 6.27. The predicted octanol–water partition coefficient (Wildman–Crippen LogP) is 2.64. The molecule has 0 aliphatic heterocycles. The van der Waals surface area contributed by atoms with Gasteiger partial charge in [0.1, 0.15) is 6.07 Å². The zero-order valence-electron chi connectivity index (χ0n) is 8.33. The van der Waals surface area contributed by atoms with Gasteiger partial charge in [0, 0.05) is 11.9 Å². The molecular formula is C11H14N2. The summed E-state index contributed by atoms with van der Waals surface area (Å²) in [5, 5.41) is 8.79. The Bertz CT molecular complexity index is 334. The Morgan fingerprint density at radius 3 is 2.69 bits per heavy atom. The molecule has 1 aromatic rings. The van der Waals surface area contributed by atoms with E-state index in [1.54, 1.807) is 6.20 Å². The quantitative estimate of drug-likeness (QED) is 0.691. The van der Waals surface area contributed by atoms with E-state index in [4.69, 9.17) is 5.26 Å². The van der Waals surface area contributed by atoms with Crippen LogP contribution in [0.15, 0.2) is 12.3 Å². The van der Waals surface area contributed by atoms with Gasteiger partial charge in [-0.05, 0) is 24.0 Å². The molecule has 0 aliphatic rings. The summed E-state index contributed by atoms with van der Waals surface area (Å²) in [5.74, 6) is 0.429. The van der Waals surface area contributed by atoms with E-state index in [9.17, 15) is 0 Å². The van der Waals surface area contributed by atoms with Crippen molar-refractivity contribution in [3.05, 3.63) is 29.1 Å². The van der Waals surface area contributed by atoms with E-state index in [0.717, 1.165) is 17.7 Å². The molecule has 2 heteroatoms. The summed E-state index contributed by atoms with van der Waals surface area (Å²) in [5.41, 5.74) is 2.86. The molecule has 0 unspecified atom stereocenters. The Morgan fingerprint density at radius 2 is 2.23 bits per heavy atom. The molecule has 0 atom stereocenters. The lowest BCUT2D eigenvalue weighted by Gasteiger charge is -2.06. The molecule has 0 amide bonds. The van der Waals surface area contributed by atoms with Crippen LogP contribution in [0.5, 0.6) is 0 Å². The van der Waals surface area contributed by atoms with Crippen molar-refractivity contribution < 1.29 is 0 Å². The van der Waals surface area contributed by atoms with E-state index in [1.807, 2.05) is 6.07 Å². The van der Waals surface area contributed by atoms with Crippen molar-refractivity contribution in [1.82, 2.24) is 4.98 Å². The first-order chi connectivity index (χ1) is 6.19. The molecular weight excluding hydrogens is 160 g/mol. The maximum absolute atomic E-state index is 8.79. The molecule has 0 aromatic carbocycles. The van der Waals surface area contributed by atoms with E-state index < -0.39 is 0 Å². The van der Waals surface area contributed by atoms with E-state index in [2.05, 4.69) is 31.8 Å². The first kappa shape index (κ1) is 9.73. The second kappa shape index (κ2) is 4.04. The second-order valence-corrected chi connectivity index (χ2v) is 3.39. The molecule has 0 saturated carbocycles. The van der Waals surface area contributed by atoms with Gasteiger partial charge >= 0.3 is 0 Å². The number of nitriles is 1. The maximum Gasteiger partial charge on any atom is 0.101 e. The Morgan fingerprint density at radius 1 is 1.54 bits per heavy atom. The van der Waals surface area contributed by atoms with Crippen molar-refractivity contribution in [3.63, 3.8) is 0 Å². The summed E-state index contributed by atoms with van der Waals surface area (Å²) >= 11 is 0. The molecule has 0 saturated heterocycles. The summed E-state index contributed by atoms with van der Waals surface area (Å²) in [6, 6.07) is 4.18. The van der Waals surface area contributed by atoms with Gasteiger partial charge in [0.25, 0.3) is 0 Å². The predicted molar refractivity (Wildman–Crippen MR) is 52.4 cm³/mol. The van der Waals surface area contributed by atoms with Crippen LogP contribution in [-0.4, -0.2) is 4.98 Å². The molecule has 0 aliphatic carbocycles. The molecule has 2 nitrogen and oxygen atoms in total. The SMILES string of the molecule is CCc1cc(C(C)C)ncc1C#N. The number of hydrogen-bond donors (Lipinski definition) is 0. The van der Waals surface area contributed by atoms with Gasteiger partial charge in [0.15, 0.2) is 0 Å². The van der Waals surface area contributed by atoms with Gasteiger partial charge in [-0.15, -0.1) is 0 Å². The maximum atomic E-state index is 8.79. The Labute approximate surface area is 79.2 Å². The van der Waals surface area contributed by atoms with Crippen molar-refractivity contribution in [3.8, 4) is 6.07 Å². The Kier molecular flexibility index (Phi) is 3.02. The van der Waals surface area contributed by atoms with Gasteiger partial charge in [-0.25, -0.2) is 0 Å². The van der Waals surface area contributed by atoms with Crippen LogP contribution in [0.2, 0.25) is 0 Å². The highest BCUT2D eigenvalue weighted by Crippen LogP contribution is 2.15. The highest BCUT2D eigenvalue weighted by Gasteiger charge is 2.05. The lowest BCUT2D eigenvalue weighted by Crippen LogP contribution is -1.97. The van der Waals surface area contributed by atoms with Crippen LogP contribution in [0.4, 0.5) is 0 Å². The van der Waals surface area contributed by atoms with Crippen molar-refractivity contribution in [2.75, 3.05) is 0 Å². The van der Waals surface area contributed by atoms with E-state index >= 15 is 0 Å². The van der Waals surface area contributed by atoms with Crippen LogP contribution in [-0.2, 0) is 6.42 Å². The third kappa shape index (κ3) is 2.06. The lowest BCUT2D eigenvalue weighted by molar-refractivity contribution is 0.816. The van der Waals surface area contributed by atoms with Crippen LogP contribution < -0.4 is 0 Å². The van der Waals surface area contributed by atoms with E-state index in [1.165, 1.54) is 0 Å². The largest absolute Gasteiger partial charge is 0.260 e. The fraction of sp³-hybridized carbons (Fsp3) is 0.455. The van der Waals surface area contributed by atoms with Crippen molar-refractivity contribution in [2.24, 2.45) is 0 Å². The van der Waals surface area contributed by atoms with Gasteiger partial charge < -0.3 is 0 Å². The van der Waals surface area contributed by atoms with Crippen molar-refractivity contribution in [2.45, 2.75) is 33.1 Å². The summed E-state index contributed by atoms with van der Waals surface area (Å²) < 4.78 is 0. The molecule has 1 rings (SSSR count). The molecule has 1 aromatic heterocycles. The summed E-state index contributed by atoms with van der Waals surface area (Å²) in [7, 11) is 0. The number of rotatable bonds is 2. The highest BCUT2D eigenvalue weighted by molar-refractivity contribution is 5.37. The lowest BCUT2D eigenvalue weighted by atomic mass is 10.0. The number of aromatic nitrogens is 1. The average Bonchev–Trinajstić information content (AvgIpc) is 2.16. The zero-order chi connectivity index (χ0) is 9.84. The standard InChI is InChI=1S/C11H14N2/c1-4-9-5-11(8(2)3)13-7-10(9)6-12/h5,7-8H,4H2,1-3H3. The van der Waals surface area contributed by atoms with Crippen molar-refractivity contribution >= 4 is 0 Å². The van der Waals surface area contributed by atoms with E-state index in [0.29, 0.717) is 11.5 Å². The van der Waals surface area contributed by atoms with Crippen LogP contribution in [0.3, 0.4) is 0 Å². The van der Waals surface area contributed by atoms with Crippen LogP contribution in [0.1, 0.15) is 43.5 Å². The summed E-state index contributed by atoms with van der Waals surface area (Å²) in [4.78, 5) is 4.24. The topological polar surface area (TPSA) is 36.7 Å². The first-order valence-corrected chi connectivity index (χ1v) is 4.58. The zero-order valence-corrected chi connectivity index (χ0v) is 8.33. The third-order valence-electron chi connectivity index (χ3n) is 2.10. The molecule has 0 radical (unpaired) electrons. The number of pyridine rings is 1. The Balaban J connectivity index is 3.15. The number of nitrogens with zero attached hydrogens (tertiary/aromatic N) is 2. The minimum Gasteiger partial charge on any atom is -0.260 e. The van der Waals surface area contributed by atoms with Crippen LogP contribution in [0, 0.1) is 11.3 Å². The molecule has 0 bridgehead atoms.